The average Bonchev–Trinajstić information content (AvgIpc) is 2.63. The molecule has 1 aliphatic carbocycles. The number of amides is 1. The first kappa shape index (κ1) is 16.9. The molecule has 0 bridgehead atoms. The highest BCUT2D eigenvalue weighted by molar-refractivity contribution is 6.30. The van der Waals surface area contributed by atoms with Crippen LogP contribution in [0.5, 0.6) is 0 Å². The molecule has 0 saturated heterocycles. The van der Waals surface area contributed by atoms with E-state index in [9.17, 15) is 4.79 Å². The lowest BCUT2D eigenvalue weighted by Crippen LogP contribution is -2.45. The Hall–Kier alpha value is -1.91. The Kier molecular flexibility index (Phi) is 5.17. The van der Waals surface area contributed by atoms with E-state index in [2.05, 4.69) is 16.4 Å². The fourth-order valence-electron chi connectivity index (χ4n) is 3.52. The number of aromatic nitrogens is 1. The Labute approximate surface area is 147 Å². The molecule has 0 unspecified atom stereocenters. The molecule has 1 saturated carbocycles. The molecule has 24 heavy (non-hydrogen) atoms. The minimum absolute atomic E-state index is 0.0367. The van der Waals surface area contributed by atoms with Crippen LogP contribution in [0, 0.1) is 0 Å². The number of pyridine rings is 1. The highest BCUT2D eigenvalue weighted by Crippen LogP contribution is 2.39. The fraction of sp³-hybridized carbons (Fsp3) is 0.368. The summed E-state index contributed by atoms with van der Waals surface area (Å²) in [6, 6.07) is 11.6. The maximum absolute atomic E-state index is 12.3. The first-order valence-corrected chi connectivity index (χ1v) is 8.68. The first-order valence-electron chi connectivity index (χ1n) is 8.30. The van der Waals surface area contributed by atoms with Gasteiger partial charge in [0.15, 0.2) is 0 Å². The first-order chi connectivity index (χ1) is 11.6. The van der Waals surface area contributed by atoms with Gasteiger partial charge in [-0.05, 0) is 55.5 Å². The lowest BCUT2D eigenvalue weighted by Gasteiger charge is -2.40. The summed E-state index contributed by atoms with van der Waals surface area (Å²) in [5.74, 6) is -0.0367. The van der Waals surface area contributed by atoms with Gasteiger partial charge in [0.05, 0.1) is 0 Å². The van der Waals surface area contributed by atoms with Gasteiger partial charge >= 0.3 is 0 Å². The third kappa shape index (κ3) is 3.60. The zero-order chi connectivity index (χ0) is 17.0. The molecular weight excluding hydrogens is 322 g/mol. The predicted octanol–water partition coefficient (Wildman–Crippen LogP) is 3.30. The molecule has 1 fully saturated rings. The van der Waals surface area contributed by atoms with Gasteiger partial charge in [0, 0.05) is 41.0 Å². The molecule has 3 rings (SSSR count). The number of halogens is 1. The van der Waals surface area contributed by atoms with Gasteiger partial charge in [0.1, 0.15) is 0 Å². The second-order valence-electron chi connectivity index (χ2n) is 6.48. The Balaban J connectivity index is 1.65. The average molecular weight is 344 g/mol. The Bertz CT molecular complexity index is 697. The van der Waals surface area contributed by atoms with Crippen molar-refractivity contribution in [2.45, 2.75) is 37.1 Å². The van der Waals surface area contributed by atoms with E-state index in [0.717, 1.165) is 30.7 Å². The van der Waals surface area contributed by atoms with Crippen LogP contribution >= 0.6 is 11.6 Å². The number of hydrogen-bond donors (Lipinski definition) is 2. The predicted molar refractivity (Wildman–Crippen MR) is 96.1 cm³/mol. The molecule has 2 aromatic rings. The quantitative estimate of drug-likeness (QED) is 0.895. The van der Waals surface area contributed by atoms with Crippen molar-refractivity contribution in [2.75, 3.05) is 6.54 Å². The minimum Gasteiger partial charge on any atom is -0.349 e. The second kappa shape index (κ2) is 7.32. The molecule has 1 aromatic heterocycles. The fourth-order valence-corrected chi connectivity index (χ4v) is 3.71. The number of carbonyl (C=O) groups excluding carboxylic acids is 1. The number of nitrogens with one attached hydrogen (secondary N) is 1. The smallest absolute Gasteiger partial charge is 0.251 e. The van der Waals surface area contributed by atoms with E-state index in [1.807, 2.05) is 18.2 Å². The SMILES string of the molecule is NC[C@]1(c2cccc(Cl)c2)CC[C@H](NC(=O)c2ccncc2)CC1. The number of nitrogens with zero attached hydrogens (tertiary/aromatic N) is 1. The molecule has 4 nitrogen and oxygen atoms in total. The van der Waals surface area contributed by atoms with Crippen LogP contribution in [0.25, 0.3) is 0 Å². The lowest BCUT2D eigenvalue weighted by molar-refractivity contribution is 0.0918. The molecule has 3 N–H and O–H groups in total. The molecule has 0 radical (unpaired) electrons. The monoisotopic (exact) mass is 343 g/mol. The van der Waals surface area contributed by atoms with Crippen LogP contribution in [0.15, 0.2) is 48.8 Å². The van der Waals surface area contributed by atoms with E-state index >= 15 is 0 Å². The molecule has 1 aliphatic rings. The van der Waals surface area contributed by atoms with Crippen LogP contribution in [0.1, 0.15) is 41.6 Å². The third-order valence-corrected chi connectivity index (χ3v) is 5.28. The number of hydrogen-bond acceptors (Lipinski definition) is 3. The Morgan fingerprint density at radius 3 is 2.58 bits per heavy atom. The van der Waals surface area contributed by atoms with Gasteiger partial charge in [0.25, 0.3) is 5.91 Å². The molecule has 0 atom stereocenters. The molecule has 1 aromatic carbocycles. The van der Waals surface area contributed by atoms with E-state index < -0.39 is 0 Å². The van der Waals surface area contributed by atoms with Crippen molar-refractivity contribution in [2.24, 2.45) is 5.73 Å². The molecular formula is C19H22ClN3O. The summed E-state index contributed by atoms with van der Waals surface area (Å²) < 4.78 is 0. The van der Waals surface area contributed by atoms with Crippen molar-refractivity contribution in [3.05, 3.63) is 64.9 Å². The van der Waals surface area contributed by atoms with E-state index in [-0.39, 0.29) is 17.4 Å². The van der Waals surface area contributed by atoms with Crippen molar-refractivity contribution >= 4 is 17.5 Å². The summed E-state index contributed by atoms with van der Waals surface area (Å²) in [5.41, 5.74) is 7.94. The molecule has 126 valence electrons. The van der Waals surface area contributed by atoms with Crippen LogP contribution in [-0.4, -0.2) is 23.5 Å². The molecule has 1 heterocycles. The van der Waals surface area contributed by atoms with Crippen molar-refractivity contribution < 1.29 is 4.79 Å². The third-order valence-electron chi connectivity index (χ3n) is 5.05. The summed E-state index contributed by atoms with van der Waals surface area (Å²) in [7, 11) is 0. The van der Waals surface area contributed by atoms with E-state index in [1.165, 1.54) is 5.56 Å². The van der Waals surface area contributed by atoms with Gasteiger partial charge in [-0.3, -0.25) is 9.78 Å². The number of benzene rings is 1. The topological polar surface area (TPSA) is 68.0 Å². The second-order valence-corrected chi connectivity index (χ2v) is 6.91. The van der Waals surface area contributed by atoms with E-state index in [1.54, 1.807) is 24.5 Å². The van der Waals surface area contributed by atoms with Gasteiger partial charge in [-0.1, -0.05) is 23.7 Å². The normalized spacial score (nSPS) is 23.7. The lowest BCUT2D eigenvalue weighted by atomic mass is 9.68. The number of nitrogens with two attached hydrogens (primary N) is 1. The summed E-state index contributed by atoms with van der Waals surface area (Å²) >= 11 is 6.15. The highest BCUT2D eigenvalue weighted by atomic mass is 35.5. The van der Waals surface area contributed by atoms with Crippen LogP contribution in [0.4, 0.5) is 0 Å². The summed E-state index contributed by atoms with van der Waals surface area (Å²) in [6.45, 7) is 0.596. The van der Waals surface area contributed by atoms with Gasteiger partial charge in [-0.15, -0.1) is 0 Å². The molecule has 0 aliphatic heterocycles. The van der Waals surface area contributed by atoms with Crippen molar-refractivity contribution in [1.82, 2.24) is 10.3 Å². The largest absolute Gasteiger partial charge is 0.349 e. The Morgan fingerprint density at radius 2 is 1.96 bits per heavy atom. The number of carbonyl (C=O) groups is 1. The van der Waals surface area contributed by atoms with Crippen molar-refractivity contribution in [3.8, 4) is 0 Å². The van der Waals surface area contributed by atoms with Gasteiger partial charge in [0.2, 0.25) is 0 Å². The highest BCUT2D eigenvalue weighted by Gasteiger charge is 2.36. The zero-order valence-electron chi connectivity index (χ0n) is 13.5. The van der Waals surface area contributed by atoms with Crippen molar-refractivity contribution in [3.63, 3.8) is 0 Å². The summed E-state index contributed by atoms with van der Waals surface area (Å²) in [5, 5.41) is 3.87. The van der Waals surface area contributed by atoms with Crippen LogP contribution in [0.2, 0.25) is 5.02 Å². The van der Waals surface area contributed by atoms with Gasteiger partial charge in [-0.25, -0.2) is 0 Å². The van der Waals surface area contributed by atoms with Crippen LogP contribution in [-0.2, 0) is 5.41 Å². The maximum Gasteiger partial charge on any atom is 0.251 e. The molecule has 5 heteroatoms. The van der Waals surface area contributed by atoms with Gasteiger partial charge < -0.3 is 11.1 Å². The van der Waals surface area contributed by atoms with Gasteiger partial charge in [-0.2, -0.15) is 0 Å². The molecule has 0 spiro atoms. The maximum atomic E-state index is 12.3. The summed E-state index contributed by atoms with van der Waals surface area (Å²) in [6.07, 6.45) is 7.00. The van der Waals surface area contributed by atoms with E-state index in [4.69, 9.17) is 17.3 Å². The minimum atomic E-state index is -0.0389. The molecule has 1 amide bonds. The zero-order valence-corrected chi connectivity index (χ0v) is 14.3. The van der Waals surface area contributed by atoms with E-state index in [0.29, 0.717) is 12.1 Å². The van der Waals surface area contributed by atoms with Crippen LogP contribution < -0.4 is 11.1 Å². The standard InChI is InChI=1S/C19H22ClN3O/c20-16-3-1-2-15(12-16)19(13-21)8-4-17(5-9-19)23-18(24)14-6-10-22-11-7-14/h1-3,6-7,10-12,17H,4-5,8-9,13,21H2,(H,23,24)/t17-,19-. The van der Waals surface area contributed by atoms with Crippen LogP contribution in [0.3, 0.4) is 0 Å². The van der Waals surface area contributed by atoms with Crippen molar-refractivity contribution in [1.29, 1.82) is 0 Å². The summed E-state index contributed by atoms with van der Waals surface area (Å²) in [4.78, 5) is 16.2. The Morgan fingerprint density at radius 1 is 1.25 bits per heavy atom. The number of rotatable bonds is 4.